The van der Waals surface area contributed by atoms with Gasteiger partial charge in [-0.05, 0) is 30.2 Å². The Bertz CT molecular complexity index is 819. The molecule has 0 spiro atoms. The predicted octanol–water partition coefficient (Wildman–Crippen LogP) is 3.87. The van der Waals surface area contributed by atoms with E-state index in [2.05, 4.69) is 15.6 Å². The van der Waals surface area contributed by atoms with E-state index in [1.807, 2.05) is 73.7 Å². The number of benzene rings is 2. The summed E-state index contributed by atoms with van der Waals surface area (Å²) in [5.74, 6) is -0.0627. The lowest BCUT2D eigenvalue weighted by Gasteiger charge is -2.16. The highest BCUT2D eigenvalue weighted by atomic mass is 16.2. The lowest BCUT2D eigenvalue weighted by atomic mass is 10.0. The summed E-state index contributed by atoms with van der Waals surface area (Å²) in [6.45, 7) is 2.46. The summed E-state index contributed by atoms with van der Waals surface area (Å²) in [5, 5.41) is 6.25. The van der Waals surface area contributed by atoms with E-state index < -0.39 is 0 Å². The Morgan fingerprint density at radius 2 is 1.76 bits per heavy atom. The molecule has 3 aromatic rings. The third kappa shape index (κ3) is 4.52. The number of para-hydroxylation sites is 1. The molecule has 2 aromatic carbocycles. The second-order valence-corrected chi connectivity index (χ2v) is 5.86. The summed E-state index contributed by atoms with van der Waals surface area (Å²) in [7, 11) is 0. The zero-order valence-electron chi connectivity index (χ0n) is 14.1. The number of nitrogens with zero attached hydrogens (tertiary/aromatic N) is 1. The third-order valence-electron chi connectivity index (χ3n) is 4.00. The highest BCUT2D eigenvalue weighted by Crippen LogP contribution is 2.27. The maximum Gasteiger partial charge on any atom is 0.241 e. The number of rotatable bonds is 6. The van der Waals surface area contributed by atoms with Crippen molar-refractivity contribution < 1.29 is 4.79 Å². The average Bonchev–Trinajstić information content (AvgIpc) is 2.68. The van der Waals surface area contributed by atoms with Crippen molar-refractivity contribution in [2.45, 2.75) is 19.5 Å². The van der Waals surface area contributed by atoms with Gasteiger partial charge in [0.15, 0.2) is 0 Å². The molecule has 0 aliphatic carbocycles. The second kappa shape index (κ2) is 8.22. The number of pyridine rings is 1. The van der Waals surface area contributed by atoms with E-state index in [4.69, 9.17) is 0 Å². The van der Waals surface area contributed by atoms with Crippen molar-refractivity contribution in [3.8, 4) is 11.1 Å². The molecule has 0 saturated carbocycles. The minimum Gasteiger partial charge on any atom is -0.324 e. The van der Waals surface area contributed by atoms with Crippen molar-refractivity contribution in [1.82, 2.24) is 10.3 Å². The Morgan fingerprint density at radius 1 is 1.00 bits per heavy atom. The largest absolute Gasteiger partial charge is 0.324 e. The SMILES string of the molecule is CC(NCc1cccnc1)C(=O)Nc1ccccc1-c1ccccc1. The van der Waals surface area contributed by atoms with Crippen LogP contribution in [-0.2, 0) is 11.3 Å². The van der Waals surface area contributed by atoms with Gasteiger partial charge in [0.2, 0.25) is 5.91 Å². The van der Waals surface area contributed by atoms with Crippen molar-refractivity contribution in [3.05, 3.63) is 84.7 Å². The lowest BCUT2D eigenvalue weighted by Crippen LogP contribution is -2.37. The number of nitrogens with one attached hydrogen (secondary N) is 2. The number of anilines is 1. The molecule has 126 valence electrons. The van der Waals surface area contributed by atoms with Gasteiger partial charge < -0.3 is 10.6 Å². The molecule has 0 bridgehead atoms. The monoisotopic (exact) mass is 331 g/mol. The van der Waals surface area contributed by atoms with Crippen molar-refractivity contribution >= 4 is 11.6 Å². The molecule has 1 heterocycles. The van der Waals surface area contributed by atoms with Gasteiger partial charge in [-0.2, -0.15) is 0 Å². The van der Waals surface area contributed by atoms with E-state index >= 15 is 0 Å². The van der Waals surface area contributed by atoms with Crippen molar-refractivity contribution in [3.63, 3.8) is 0 Å². The highest BCUT2D eigenvalue weighted by Gasteiger charge is 2.14. The van der Waals surface area contributed by atoms with E-state index in [1.165, 1.54) is 0 Å². The van der Waals surface area contributed by atoms with Gasteiger partial charge in [-0.15, -0.1) is 0 Å². The van der Waals surface area contributed by atoms with Crippen LogP contribution in [0.5, 0.6) is 0 Å². The van der Waals surface area contributed by atoms with Gasteiger partial charge in [0.25, 0.3) is 0 Å². The van der Waals surface area contributed by atoms with E-state index in [0.29, 0.717) is 6.54 Å². The van der Waals surface area contributed by atoms with Gasteiger partial charge in [-0.1, -0.05) is 54.6 Å². The van der Waals surface area contributed by atoms with Gasteiger partial charge in [-0.25, -0.2) is 0 Å². The Labute approximate surface area is 147 Å². The molecule has 0 aliphatic heterocycles. The molecule has 1 unspecified atom stereocenters. The molecule has 0 radical (unpaired) electrons. The van der Waals surface area contributed by atoms with Crippen LogP contribution in [0.3, 0.4) is 0 Å². The molecule has 1 amide bonds. The first kappa shape index (κ1) is 16.9. The Kier molecular flexibility index (Phi) is 5.54. The molecular weight excluding hydrogens is 310 g/mol. The van der Waals surface area contributed by atoms with Crippen molar-refractivity contribution in [2.24, 2.45) is 0 Å². The molecule has 25 heavy (non-hydrogen) atoms. The van der Waals surface area contributed by atoms with Gasteiger partial charge in [-0.3, -0.25) is 9.78 Å². The van der Waals surface area contributed by atoms with Crippen LogP contribution in [0.1, 0.15) is 12.5 Å². The Balaban J connectivity index is 1.67. The lowest BCUT2D eigenvalue weighted by molar-refractivity contribution is -0.117. The fourth-order valence-corrected chi connectivity index (χ4v) is 2.57. The number of aromatic nitrogens is 1. The Hall–Kier alpha value is -2.98. The van der Waals surface area contributed by atoms with Crippen LogP contribution in [0.4, 0.5) is 5.69 Å². The van der Waals surface area contributed by atoms with E-state index in [-0.39, 0.29) is 11.9 Å². The van der Waals surface area contributed by atoms with Crippen LogP contribution < -0.4 is 10.6 Å². The fourth-order valence-electron chi connectivity index (χ4n) is 2.57. The first-order chi connectivity index (χ1) is 12.2. The number of hydrogen-bond donors (Lipinski definition) is 2. The van der Waals surface area contributed by atoms with Crippen LogP contribution in [0.2, 0.25) is 0 Å². The molecule has 2 N–H and O–H groups in total. The number of hydrogen-bond acceptors (Lipinski definition) is 3. The molecule has 0 saturated heterocycles. The van der Waals surface area contributed by atoms with E-state index in [1.54, 1.807) is 12.4 Å². The topological polar surface area (TPSA) is 54.0 Å². The van der Waals surface area contributed by atoms with Crippen LogP contribution in [0, 0.1) is 0 Å². The first-order valence-corrected chi connectivity index (χ1v) is 8.31. The zero-order chi connectivity index (χ0) is 17.5. The smallest absolute Gasteiger partial charge is 0.241 e. The van der Waals surface area contributed by atoms with Crippen LogP contribution in [0.25, 0.3) is 11.1 Å². The van der Waals surface area contributed by atoms with Crippen molar-refractivity contribution in [1.29, 1.82) is 0 Å². The minimum atomic E-state index is -0.316. The van der Waals surface area contributed by atoms with E-state index in [9.17, 15) is 4.79 Å². The highest BCUT2D eigenvalue weighted by molar-refractivity contribution is 5.98. The molecule has 4 heteroatoms. The molecule has 0 fully saturated rings. The fraction of sp³-hybridized carbons (Fsp3) is 0.143. The molecular formula is C21H21N3O. The quantitative estimate of drug-likeness (QED) is 0.721. The maximum absolute atomic E-state index is 12.5. The summed E-state index contributed by atoms with van der Waals surface area (Å²) >= 11 is 0. The average molecular weight is 331 g/mol. The van der Waals surface area contributed by atoms with Gasteiger partial charge >= 0.3 is 0 Å². The summed E-state index contributed by atoms with van der Waals surface area (Å²) < 4.78 is 0. The van der Waals surface area contributed by atoms with Crippen LogP contribution in [0.15, 0.2) is 79.1 Å². The van der Waals surface area contributed by atoms with Gasteiger partial charge in [0.05, 0.1) is 6.04 Å². The number of carbonyl (C=O) groups is 1. The van der Waals surface area contributed by atoms with Crippen LogP contribution in [-0.4, -0.2) is 16.9 Å². The summed E-state index contributed by atoms with van der Waals surface area (Å²) in [6, 6.07) is 21.4. The standard InChI is InChI=1S/C21H21N3O/c1-16(23-15-17-8-7-13-22-14-17)21(25)24-20-12-6-5-11-19(20)18-9-3-2-4-10-18/h2-14,16,23H,15H2,1H3,(H,24,25). The van der Waals surface area contributed by atoms with Gasteiger partial charge in [0, 0.05) is 30.2 Å². The molecule has 0 aliphatic rings. The van der Waals surface area contributed by atoms with Crippen molar-refractivity contribution in [2.75, 3.05) is 5.32 Å². The second-order valence-electron chi connectivity index (χ2n) is 5.86. The number of amides is 1. The van der Waals surface area contributed by atoms with Gasteiger partial charge in [0.1, 0.15) is 0 Å². The van der Waals surface area contributed by atoms with Crippen LogP contribution >= 0.6 is 0 Å². The first-order valence-electron chi connectivity index (χ1n) is 8.31. The third-order valence-corrected chi connectivity index (χ3v) is 4.00. The molecule has 4 nitrogen and oxygen atoms in total. The Morgan fingerprint density at radius 3 is 2.52 bits per heavy atom. The predicted molar refractivity (Wildman–Crippen MR) is 101 cm³/mol. The maximum atomic E-state index is 12.5. The molecule has 1 atom stereocenters. The summed E-state index contributed by atoms with van der Waals surface area (Å²) in [5.41, 5.74) is 3.95. The zero-order valence-corrected chi connectivity index (χ0v) is 14.1. The normalized spacial score (nSPS) is 11.7. The minimum absolute atomic E-state index is 0.0627. The molecule has 1 aromatic heterocycles. The molecule has 3 rings (SSSR count). The van der Waals surface area contributed by atoms with E-state index in [0.717, 1.165) is 22.4 Å². The summed E-state index contributed by atoms with van der Waals surface area (Å²) in [6.07, 6.45) is 3.53. The number of carbonyl (C=O) groups excluding carboxylic acids is 1. The summed E-state index contributed by atoms with van der Waals surface area (Å²) in [4.78, 5) is 16.6.